The molecule has 0 spiro atoms. The van der Waals surface area contributed by atoms with Gasteiger partial charge in [0.25, 0.3) is 11.8 Å². The van der Waals surface area contributed by atoms with Crippen LogP contribution in [0.4, 0.5) is 5.69 Å². The number of benzene rings is 1. The number of hydrogen-bond donors (Lipinski definition) is 4. The molecule has 1 aromatic carbocycles. The largest absolute Gasteiger partial charge is 0.353 e. The topological polar surface area (TPSA) is 146 Å². The summed E-state index contributed by atoms with van der Waals surface area (Å²) < 4.78 is 0. The van der Waals surface area contributed by atoms with E-state index in [4.69, 9.17) is 11.6 Å². The van der Waals surface area contributed by atoms with Crippen LogP contribution in [0, 0.1) is 5.92 Å². The van der Waals surface area contributed by atoms with E-state index in [1.807, 2.05) is 6.92 Å². The van der Waals surface area contributed by atoms with Crippen LogP contribution in [0.3, 0.4) is 0 Å². The van der Waals surface area contributed by atoms with Crippen molar-refractivity contribution in [2.45, 2.75) is 63.6 Å². The molecule has 1 saturated carbocycles. The maximum absolute atomic E-state index is 13.4. The smallest absolute Gasteiger partial charge is 0.289 e. The van der Waals surface area contributed by atoms with Crippen LogP contribution in [0.25, 0.3) is 0 Å². The molecule has 2 aliphatic rings. The lowest BCUT2D eigenvalue weighted by Gasteiger charge is -2.21. The van der Waals surface area contributed by atoms with Gasteiger partial charge in [-0.15, -0.1) is 11.3 Å². The third kappa shape index (κ3) is 6.72. The van der Waals surface area contributed by atoms with Gasteiger partial charge in [-0.1, -0.05) is 11.6 Å². The third-order valence-corrected chi connectivity index (χ3v) is 7.29. The molecule has 4 N–H and O–H groups in total. The zero-order valence-electron chi connectivity index (χ0n) is 20.4. The molecule has 0 bridgehead atoms. The molecule has 4 amide bonds. The number of nitrogens with zero attached hydrogens (tertiary/aromatic N) is 1. The van der Waals surface area contributed by atoms with E-state index in [0.29, 0.717) is 12.1 Å². The number of Topliss-reactive ketones (excluding diaryl/α,β-unsaturated/α-hetero) is 1. The van der Waals surface area contributed by atoms with Crippen LogP contribution in [0.15, 0.2) is 29.1 Å². The van der Waals surface area contributed by atoms with Crippen LogP contribution < -0.4 is 21.3 Å². The standard InChI is InChI=1S/C25H28ClN5O5S/c1-12-7-14(23(34)28-12)8-19(21(32)25(36)29-16-4-5-16)31-24(35)17-9-15(26)3-6-18(17)30-22(33)13(2)20-10-37-11-27-20/h3,6,9-14,16,19H,4-5,7-8H2,1-2H3,(H,28,34)(H,29,36)(H,30,33)(H,31,35)/t12-,13?,14+,19+/m1/s1. The highest BCUT2D eigenvalue weighted by molar-refractivity contribution is 7.07. The molecular weight excluding hydrogens is 518 g/mol. The molecule has 1 saturated heterocycles. The average molecular weight is 546 g/mol. The predicted octanol–water partition coefficient (Wildman–Crippen LogP) is 2.40. The van der Waals surface area contributed by atoms with Crippen molar-refractivity contribution < 1.29 is 24.0 Å². The molecule has 196 valence electrons. The van der Waals surface area contributed by atoms with Crippen molar-refractivity contribution in [3.05, 3.63) is 45.4 Å². The second-order valence-corrected chi connectivity index (χ2v) is 10.7. The molecule has 2 fully saturated rings. The van der Waals surface area contributed by atoms with E-state index in [1.165, 1.54) is 29.5 Å². The fourth-order valence-corrected chi connectivity index (χ4v) is 5.00. The van der Waals surface area contributed by atoms with Crippen LogP contribution in [0.2, 0.25) is 5.02 Å². The summed E-state index contributed by atoms with van der Waals surface area (Å²) in [5.41, 5.74) is 2.44. The number of nitrogens with one attached hydrogen (secondary N) is 4. The second kappa shape index (κ2) is 11.4. The van der Waals surface area contributed by atoms with Gasteiger partial charge in [0.05, 0.1) is 34.4 Å². The fraction of sp³-hybridized carbons (Fsp3) is 0.440. The highest BCUT2D eigenvalue weighted by Gasteiger charge is 2.37. The normalized spacial score (nSPS) is 20.5. The van der Waals surface area contributed by atoms with E-state index >= 15 is 0 Å². The quantitative estimate of drug-likeness (QED) is 0.337. The second-order valence-electron chi connectivity index (χ2n) is 9.53. The van der Waals surface area contributed by atoms with Crippen LogP contribution in [0.1, 0.15) is 61.5 Å². The van der Waals surface area contributed by atoms with Crippen LogP contribution >= 0.6 is 22.9 Å². The lowest BCUT2D eigenvalue weighted by Crippen LogP contribution is -2.49. The Morgan fingerprint density at radius 2 is 2.00 bits per heavy atom. The summed E-state index contributed by atoms with van der Waals surface area (Å²) in [7, 11) is 0. The summed E-state index contributed by atoms with van der Waals surface area (Å²) in [4.78, 5) is 68.3. The molecule has 4 atom stereocenters. The van der Waals surface area contributed by atoms with Gasteiger partial charge in [0.15, 0.2) is 0 Å². The fourth-order valence-electron chi connectivity index (χ4n) is 4.18. The van der Waals surface area contributed by atoms with Crippen molar-refractivity contribution in [1.29, 1.82) is 0 Å². The monoisotopic (exact) mass is 545 g/mol. The van der Waals surface area contributed by atoms with Gasteiger partial charge in [-0.05, 0) is 57.7 Å². The Labute approximate surface area is 222 Å². The predicted molar refractivity (Wildman–Crippen MR) is 138 cm³/mol. The Morgan fingerprint density at radius 1 is 1.24 bits per heavy atom. The van der Waals surface area contributed by atoms with Gasteiger partial charge in [-0.2, -0.15) is 0 Å². The number of amides is 4. The number of thiazole rings is 1. The number of anilines is 1. The Morgan fingerprint density at radius 3 is 2.62 bits per heavy atom. The molecule has 12 heteroatoms. The Balaban J connectivity index is 1.53. The first-order valence-corrected chi connectivity index (χ1v) is 13.4. The van der Waals surface area contributed by atoms with E-state index in [-0.39, 0.29) is 46.6 Å². The van der Waals surface area contributed by atoms with Gasteiger partial charge >= 0.3 is 0 Å². The minimum absolute atomic E-state index is 0.0240. The summed E-state index contributed by atoms with van der Waals surface area (Å²) in [5, 5.41) is 12.8. The summed E-state index contributed by atoms with van der Waals surface area (Å²) in [5.74, 6) is -4.03. The number of carbonyl (C=O) groups excluding carboxylic acids is 5. The Kier molecular flexibility index (Phi) is 8.23. The van der Waals surface area contributed by atoms with E-state index in [0.717, 1.165) is 12.8 Å². The van der Waals surface area contributed by atoms with Gasteiger partial charge < -0.3 is 21.3 Å². The average Bonchev–Trinajstić information content (AvgIpc) is 3.38. The number of rotatable bonds is 10. The van der Waals surface area contributed by atoms with Crippen molar-refractivity contribution in [2.75, 3.05) is 5.32 Å². The zero-order valence-corrected chi connectivity index (χ0v) is 21.9. The van der Waals surface area contributed by atoms with Gasteiger partial charge in [-0.3, -0.25) is 24.0 Å². The SMILES string of the molecule is CC(C(=O)Nc1ccc(Cl)cc1C(=O)N[C@@H](C[C@@H]1C[C@@H](C)NC1=O)C(=O)C(=O)NC1CC1)c1cscn1. The first-order valence-electron chi connectivity index (χ1n) is 12.1. The molecule has 1 unspecified atom stereocenters. The summed E-state index contributed by atoms with van der Waals surface area (Å²) >= 11 is 7.51. The number of carbonyl (C=O) groups is 5. The maximum Gasteiger partial charge on any atom is 0.289 e. The van der Waals surface area contributed by atoms with Crippen molar-refractivity contribution in [1.82, 2.24) is 20.9 Å². The van der Waals surface area contributed by atoms with Crippen molar-refractivity contribution >= 4 is 58.0 Å². The zero-order chi connectivity index (χ0) is 26.7. The number of ketones is 1. The Bertz CT molecular complexity index is 1220. The third-order valence-electron chi connectivity index (χ3n) is 6.45. The van der Waals surface area contributed by atoms with Crippen LogP contribution in [0.5, 0.6) is 0 Å². The van der Waals surface area contributed by atoms with Crippen molar-refractivity contribution in [3.63, 3.8) is 0 Å². The molecule has 10 nitrogen and oxygen atoms in total. The van der Waals surface area contributed by atoms with Gasteiger partial charge in [0, 0.05) is 28.4 Å². The molecule has 4 rings (SSSR count). The lowest BCUT2D eigenvalue weighted by molar-refractivity contribution is -0.139. The Hall–Kier alpha value is -3.31. The highest BCUT2D eigenvalue weighted by atomic mass is 35.5. The first-order chi connectivity index (χ1) is 17.6. The van der Waals surface area contributed by atoms with Crippen LogP contribution in [-0.4, -0.2) is 52.5 Å². The highest BCUT2D eigenvalue weighted by Crippen LogP contribution is 2.26. The van der Waals surface area contributed by atoms with E-state index in [2.05, 4.69) is 26.3 Å². The summed E-state index contributed by atoms with van der Waals surface area (Å²) in [6.45, 7) is 3.54. The van der Waals surface area contributed by atoms with E-state index in [9.17, 15) is 24.0 Å². The van der Waals surface area contributed by atoms with E-state index < -0.39 is 35.5 Å². The number of halogens is 1. The van der Waals surface area contributed by atoms with Crippen molar-refractivity contribution in [3.8, 4) is 0 Å². The lowest BCUT2D eigenvalue weighted by atomic mass is 9.93. The van der Waals surface area contributed by atoms with E-state index in [1.54, 1.807) is 17.8 Å². The van der Waals surface area contributed by atoms with Gasteiger partial charge in [-0.25, -0.2) is 4.98 Å². The molecular formula is C25H28ClN5O5S. The minimum atomic E-state index is -1.23. The summed E-state index contributed by atoms with van der Waals surface area (Å²) in [6.07, 6.45) is 2.05. The minimum Gasteiger partial charge on any atom is -0.353 e. The van der Waals surface area contributed by atoms with Crippen molar-refractivity contribution in [2.24, 2.45) is 5.92 Å². The molecule has 0 radical (unpaired) electrons. The van der Waals surface area contributed by atoms with Gasteiger partial charge in [0.1, 0.15) is 0 Å². The molecule has 1 aliphatic heterocycles. The molecule has 37 heavy (non-hydrogen) atoms. The number of aromatic nitrogens is 1. The number of hydrogen-bond acceptors (Lipinski definition) is 7. The maximum atomic E-state index is 13.4. The molecule has 2 aromatic rings. The molecule has 1 aliphatic carbocycles. The summed E-state index contributed by atoms with van der Waals surface area (Å²) in [6, 6.07) is 3.04. The molecule has 2 heterocycles. The first kappa shape index (κ1) is 26.7. The van der Waals surface area contributed by atoms with Gasteiger partial charge in [0.2, 0.25) is 17.6 Å². The molecule has 1 aromatic heterocycles. The van der Waals surface area contributed by atoms with Crippen LogP contribution in [-0.2, 0) is 19.2 Å².